The van der Waals surface area contributed by atoms with Crippen molar-refractivity contribution in [3.8, 4) is 0 Å². The Hall–Kier alpha value is -3.49. The van der Waals surface area contributed by atoms with Crippen LogP contribution in [-0.4, -0.2) is 16.1 Å². The summed E-state index contributed by atoms with van der Waals surface area (Å²) in [6.07, 6.45) is -4.46. The Morgan fingerprint density at radius 3 is 2.30 bits per heavy atom. The van der Waals surface area contributed by atoms with Crippen LogP contribution in [0.3, 0.4) is 0 Å². The van der Waals surface area contributed by atoms with Gasteiger partial charge in [-0.2, -0.15) is 13.2 Å². The molecule has 0 aliphatic rings. The zero-order valence-electron chi connectivity index (χ0n) is 13.6. The van der Waals surface area contributed by atoms with Crippen molar-refractivity contribution in [1.82, 2.24) is 10.2 Å². The molecule has 27 heavy (non-hydrogen) atoms. The number of hydrogen-bond acceptors (Lipinski definition) is 4. The number of carbonyl (C=O) groups excluding carboxylic acids is 1. The van der Waals surface area contributed by atoms with Crippen molar-refractivity contribution in [1.29, 1.82) is 0 Å². The van der Waals surface area contributed by atoms with Crippen LogP contribution in [0.2, 0.25) is 0 Å². The van der Waals surface area contributed by atoms with E-state index in [-0.39, 0.29) is 22.9 Å². The molecule has 0 bridgehead atoms. The zero-order chi connectivity index (χ0) is 19.4. The molecule has 1 aromatic heterocycles. The predicted molar refractivity (Wildman–Crippen MR) is 91.1 cm³/mol. The lowest BCUT2D eigenvalue weighted by atomic mass is 10.2. The van der Waals surface area contributed by atoms with Crippen molar-refractivity contribution in [2.45, 2.75) is 6.18 Å². The number of hydrogen-bond donors (Lipinski definition) is 2. The lowest BCUT2D eigenvalue weighted by molar-refractivity contribution is -0.137. The molecule has 0 aliphatic carbocycles. The molecule has 0 radical (unpaired) electrons. The summed E-state index contributed by atoms with van der Waals surface area (Å²) in [7, 11) is 0. The van der Waals surface area contributed by atoms with Crippen LogP contribution in [0.25, 0.3) is 0 Å². The molecular formula is C18H12F4N4O. The largest absolute Gasteiger partial charge is 0.416 e. The molecule has 0 saturated carbocycles. The highest BCUT2D eigenvalue weighted by atomic mass is 19.4. The van der Waals surface area contributed by atoms with E-state index < -0.39 is 23.5 Å². The van der Waals surface area contributed by atoms with Crippen LogP contribution in [0.15, 0.2) is 60.7 Å². The monoisotopic (exact) mass is 376 g/mol. The van der Waals surface area contributed by atoms with Gasteiger partial charge in [-0.1, -0.05) is 12.1 Å². The predicted octanol–water partition coefficient (Wildman–Crippen LogP) is 4.63. The van der Waals surface area contributed by atoms with Crippen LogP contribution in [0.5, 0.6) is 0 Å². The molecule has 2 aromatic carbocycles. The topological polar surface area (TPSA) is 66.9 Å². The van der Waals surface area contributed by atoms with Crippen LogP contribution < -0.4 is 10.6 Å². The van der Waals surface area contributed by atoms with E-state index in [0.717, 1.165) is 18.2 Å². The van der Waals surface area contributed by atoms with E-state index in [0.29, 0.717) is 0 Å². The van der Waals surface area contributed by atoms with Crippen LogP contribution in [0.4, 0.5) is 34.8 Å². The number of anilines is 3. The number of nitrogens with one attached hydrogen (secondary N) is 2. The molecule has 0 aliphatic heterocycles. The number of nitrogens with zero attached hydrogens (tertiary/aromatic N) is 2. The van der Waals surface area contributed by atoms with Crippen molar-refractivity contribution in [2.75, 3.05) is 10.6 Å². The van der Waals surface area contributed by atoms with E-state index in [4.69, 9.17) is 0 Å². The minimum absolute atomic E-state index is 0.0335. The van der Waals surface area contributed by atoms with E-state index in [1.165, 1.54) is 42.5 Å². The van der Waals surface area contributed by atoms with Gasteiger partial charge in [0.15, 0.2) is 11.5 Å². The molecule has 1 heterocycles. The summed E-state index contributed by atoms with van der Waals surface area (Å²) < 4.78 is 51.3. The van der Waals surface area contributed by atoms with Crippen molar-refractivity contribution >= 4 is 23.1 Å². The lowest BCUT2D eigenvalue weighted by Crippen LogP contribution is -2.14. The van der Waals surface area contributed by atoms with Gasteiger partial charge >= 0.3 is 6.18 Å². The van der Waals surface area contributed by atoms with Gasteiger partial charge in [-0.05, 0) is 48.5 Å². The molecule has 0 spiro atoms. The molecule has 3 aromatic rings. The highest BCUT2D eigenvalue weighted by molar-refractivity contribution is 6.02. The first-order chi connectivity index (χ1) is 12.8. The van der Waals surface area contributed by atoms with Gasteiger partial charge in [0.1, 0.15) is 5.82 Å². The number of amides is 1. The molecule has 0 saturated heterocycles. The fourth-order valence-electron chi connectivity index (χ4n) is 2.20. The van der Waals surface area contributed by atoms with Crippen molar-refractivity contribution < 1.29 is 22.4 Å². The molecule has 138 valence electrons. The Labute approximate surface area is 151 Å². The van der Waals surface area contributed by atoms with E-state index in [1.54, 1.807) is 0 Å². The summed E-state index contributed by atoms with van der Waals surface area (Å²) in [5.41, 5.74) is -0.399. The van der Waals surface area contributed by atoms with Gasteiger partial charge in [-0.15, -0.1) is 10.2 Å². The van der Waals surface area contributed by atoms with Crippen LogP contribution >= 0.6 is 0 Å². The van der Waals surface area contributed by atoms with Gasteiger partial charge in [-0.25, -0.2) is 4.39 Å². The number of aromatic nitrogens is 2. The first kappa shape index (κ1) is 18.3. The molecule has 5 nitrogen and oxygen atoms in total. The summed E-state index contributed by atoms with van der Waals surface area (Å²) in [6, 6.07) is 12.7. The van der Waals surface area contributed by atoms with E-state index in [9.17, 15) is 22.4 Å². The Bertz CT molecular complexity index is 958. The summed E-state index contributed by atoms with van der Waals surface area (Å²) in [5.74, 6) is -0.935. The molecular weight excluding hydrogens is 364 g/mol. The van der Waals surface area contributed by atoms with Gasteiger partial charge in [0.2, 0.25) is 0 Å². The SMILES string of the molecule is O=C(Nc1cccc(F)c1)c1ccc(Nc2cccc(C(F)(F)F)c2)nn1. The number of rotatable bonds is 4. The second-order valence-electron chi connectivity index (χ2n) is 5.47. The minimum atomic E-state index is -4.46. The second kappa shape index (κ2) is 7.40. The standard InChI is InChI=1S/C18H12F4N4O/c19-12-4-2-6-14(10-12)24-17(27)15-7-8-16(26-25-15)23-13-5-1-3-11(9-13)18(20,21)22/h1-10H,(H,23,26)(H,24,27). The molecule has 2 N–H and O–H groups in total. The maximum absolute atomic E-state index is 13.1. The molecule has 0 fully saturated rings. The molecule has 0 atom stereocenters. The summed E-state index contributed by atoms with van der Waals surface area (Å²) in [6.45, 7) is 0. The van der Waals surface area contributed by atoms with Gasteiger partial charge in [-0.3, -0.25) is 4.79 Å². The minimum Gasteiger partial charge on any atom is -0.339 e. The molecule has 9 heteroatoms. The average molecular weight is 376 g/mol. The van der Waals surface area contributed by atoms with Crippen LogP contribution in [-0.2, 0) is 6.18 Å². The van der Waals surface area contributed by atoms with E-state index >= 15 is 0 Å². The van der Waals surface area contributed by atoms with Gasteiger partial charge in [0.05, 0.1) is 5.56 Å². The van der Waals surface area contributed by atoms with Gasteiger partial charge in [0.25, 0.3) is 5.91 Å². The van der Waals surface area contributed by atoms with Crippen LogP contribution in [0.1, 0.15) is 16.1 Å². The normalized spacial score (nSPS) is 11.1. The summed E-state index contributed by atoms with van der Waals surface area (Å²) in [4.78, 5) is 12.1. The van der Waals surface area contributed by atoms with Crippen molar-refractivity contribution in [3.63, 3.8) is 0 Å². The van der Waals surface area contributed by atoms with E-state index in [1.807, 2.05) is 0 Å². The highest BCUT2D eigenvalue weighted by Gasteiger charge is 2.30. The third-order valence-electron chi connectivity index (χ3n) is 3.44. The smallest absolute Gasteiger partial charge is 0.339 e. The quantitative estimate of drug-likeness (QED) is 0.652. The van der Waals surface area contributed by atoms with Gasteiger partial charge < -0.3 is 10.6 Å². The summed E-state index contributed by atoms with van der Waals surface area (Å²) >= 11 is 0. The Kier molecular flexibility index (Phi) is 5.02. The van der Waals surface area contributed by atoms with Crippen molar-refractivity contribution in [3.05, 3.63) is 77.7 Å². The lowest BCUT2D eigenvalue weighted by Gasteiger charge is -2.10. The fourth-order valence-corrected chi connectivity index (χ4v) is 2.20. The number of alkyl halides is 3. The number of benzene rings is 2. The Morgan fingerprint density at radius 1 is 0.889 bits per heavy atom. The van der Waals surface area contributed by atoms with Crippen LogP contribution in [0, 0.1) is 5.82 Å². The van der Waals surface area contributed by atoms with E-state index in [2.05, 4.69) is 20.8 Å². The highest BCUT2D eigenvalue weighted by Crippen LogP contribution is 2.31. The first-order valence-electron chi connectivity index (χ1n) is 7.66. The Balaban J connectivity index is 1.69. The third kappa shape index (κ3) is 4.78. The fraction of sp³-hybridized carbons (Fsp3) is 0.0556. The summed E-state index contributed by atoms with van der Waals surface area (Å²) in [5, 5.41) is 12.6. The number of halogens is 4. The molecule has 1 amide bonds. The number of carbonyl (C=O) groups is 1. The zero-order valence-corrected chi connectivity index (χ0v) is 13.6. The first-order valence-corrected chi connectivity index (χ1v) is 7.66. The maximum Gasteiger partial charge on any atom is 0.416 e. The molecule has 0 unspecified atom stereocenters. The third-order valence-corrected chi connectivity index (χ3v) is 3.44. The average Bonchev–Trinajstić information content (AvgIpc) is 2.62. The second-order valence-corrected chi connectivity index (χ2v) is 5.47. The maximum atomic E-state index is 13.1. The molecule has 3 rings (SSSR count). The Morgan fingerprint density at radius 2 is 1.63 bits per heavy atom. The van der Waals surface area contributed by atoms with Crippen molar-refractivity contribution in [2.24, 2.45) is 0 Å². The van der Waals surface area contributed by atoms with Gasteiger partial charge in [0, 0.05) is 11.4 Å².